The standard InChI is InChI=1S/C15H34N10O3/c1-20-12(16)2-6-24(7-3-13(17)21-26)10-11-25(8-4-14(18)22-27)9-5-15(19)23-28/h26-28H,2-11H2,1H3,(H2,16,20)(H2,17,21)(H2,18,22)(H2,19,23). The monoisotopic (exact) mass is 402 g/mol. The first-order valence-corrected chi connectivity index (χ1v) is 8.91. The van der Waals surface area contributed by atoms with Crippen molar-refractivity contribution in [1.82, 2.24) is 9.80 Å². The van der Waals surface area contributed by atoms with Gasteiger partial charge < -0.3 is 48.4 Å². The molecule has 11 N–H and O–H groups in total. The summed E-state index contributed by atoms with van der Waals surface area (Å²) in [6.07, 6.45) is 1.77. The van der Waals surface area contributed by atoms with E-state index < -0.39 is 0 Å². The van der Waals surface area contributed by atoms with Gasteiger partial charge >= 0.3 is 0 Å². The van der Waals surface area contributed by atoms with Gasteiger partial charge in [0.15, 0.2) is 0 Å². The molecular formula is C15H34N10O3. The summed E-state index contributed by atoms with van der Waals surface area (Å²) in [5.74, 6) is 0.955. The van der Waals surface area contributed by atoms with E-state index in [0.717, 1.165) is 0 Å². The minimum atomic E-state index is 0.129. The van der Waals surface area contributed by atoms with Crippen LogP contribution in [0.5, 0.6) is 0 Å². The average Bonchev–Trinajstić information content (AvgIpc) is 2.72. The second-order valence-corrected chi connectivity index (χ2v) is 6.17. The third kappa shape index (κ3) is 12.5. The van der Waals surface area contributed by atoms with Crippen LogP contribution in [0.3, 0.4) is 0 Å². The average molecular weight is 403 g/mol. The van der Waals surface area contributed by atoms with Gasteiger partial charge in [-0.25, -0.2) is 0 Å². The number of aliphatic imine (C=N–C) groups is 1. The highest BCUT2D eigenvalue weighted by atomic mass is 16.4. The minimum Gasteiger partial charge on any atom is -0.409 e. The molecule has 0 aromatic carbocycles. The molecule has 0 heterocycles. The zero-order chi connectivity index (χ0) is 21.4. The maximum absolute atomic E-state index is 8.72. The molecule has 13 nitrogen and oxygen atoms in total. The van der Waals surface area contributed by atoms with E-state index >= 15 is 0 Å². The van der Waals surface area contributed by atoms with E-state index in [-0.39, 0.29) is 17.5 Å². The topological polar surface area (TPSA) is 221 Å². The van der Waals surface area contributed by atoms with Gasteiger partial charge in [0.1, 0.15) is 17.5 Å². The van der Waals surface area contributed by atoms with E-state index in [1.54, 1.807) is 7.05 Å². The van der Waals surface area contributed by atoms with Crippen molar-refractivity contribution < 1.29 is 15.6 Å². The van der Waals surface area contributed by atoms with Crippen molar-refractivity contribution in [3.63, 3.8) is 0 Å². The third-order valence-corrected chi connectivity index (χ3v) is 4.14. The fraction of sp³-hybridized carbons (Fsp3) is 0.733. The first-order chi connectivity index (χ1) is 13.4. The molecule has 0 unspecified atom stereocenters. The van der Waals surface area contributed by atoms with Crippen LogP contribution in [0.2, 0.25) is 0 Å². The highest BCUT2D eigenvalue weighted by molar-refractivity contribution is 5.81. The van der Waals surface area contributed by atoms with E-state index in [9.17, 15) is 0 Å². The molecule has 0 radical (unpaired) electrons. The summed E-state index contributed by atoms with van der Waals surface area (Å²) in [6.45, 7) is 3.65. The summed E-state index contributed by atoms with van der Waals surface area (Å²) < 4.78 is 0. The Morgan fingerprint density at radius 1 is 0.571 bits per heavy atom. The van der Waals surface area contributed by atoms with Gasteiger partial charge in [0.05, 0.1) is 5.84 Å². The Hall–Kier alpha value is -2.80. The van der Waals surface area contributed by atoms with Crippen LogP contribution in [0.1, 0.15) is 25.7 Å². The van der Waals surface area contributed by atoms with E-state index in [0.29, 0.717) is 70.8 Å². The number of rotatable bonds is 15. The number of hydrogen-bond donors (Lipinski definition) is 7. The van der Waals surface area contributed by atoms with E-state index in [1.807, 2.05) is 0 Å². The lowest BCUT2D eigenvalue weighted by atomic mass is 10.2. The Kier molecular flexibility index (Phi) is 13.7. The van der Waals surface area contributed by atoms with E-state index in [2.05, 4.69) is 30.3 Å². The fourth-order valence-corrected chi connectivity index (χ4v) is 2.31. The Balaban J connectivity index is 4.85. The zero-order valence-corrected chi connectivity index (χ0v) is 16.4. The number of nitrogens with zero attached hydrogens (tertiary/aromatic N) is 6. The lowest BCUT2D eigenvalue weighted by Gasteiger charge is -2.27. The molecule has 0 rings (SSSR count). The predicted octanol–water partition coefficient (Wildman–Crippen LogP) is -1.62. The van der Waals surface area contributed by atoms with E-state index in [1.165, 1.54) is 0 Å². The molecule has 162 valence electrons. The number of oxime groups is 3. The summed E-state index contributed by atoms with van der Waals surface area (Å²) in [5.41, 5.74) is 22.4. The second kappa shape index (κ2) is 15.3. The molecule has 0 aromatic heterocycles. The molecular weight excluding hydrogens is 368 g/mol. The van der Waals surface area contributed by atoms with Crippen molar-refractivity contribution in [3.05, 3.63) is 0 Å². The quantitative estimate of drug-likeness (QED) is 0.0722. The molecule has 0 atom stereocenters. The molecule has 0 aliphatic rings. The fourth-order valence-electron chi connectivity index (χ4n) is 2.31. The molecule has 0 aliphatic heterocycles. The molecule has 0 saturated heterocycles. The first kappa shape index (κ1) is 25.2. The van der Waals surface area contributed by atoms with Crippen molar-refractivity contribution in [3.8, 4) is 0 Å². The van der Waals surface area contributed by atoms with Gasteiger partial charge in [-0.15, -0.1) is 0 Å². The van der Waals surface area contributed by atoms with Gasteiger partial charge in [-0.3, -0.25) is 4.99 Å². The second-order valence-electron chi connectivity index (χ2n) is 6.17. The summed E-state index contributed by atoms with van der Waals surface area (Å²) in [7, 11) is 1.64. The van der Waals surface area contributed by atoms with Crippen molar-refractivity contribution in [1.29, 1.82) is 0 Å². The number of amidine groups is 4. The number of hydrogen-bond acceptors (Lipinski definition) is 9. The summed E-state index contributed by atoms with van der Waals surface area (Å²) in [5, 5.41) is 35.1. The molecule has 0 spiro atoms. The van der Waals surface area contributed by atoms with Gasteiger partial charge in [0.2, 0.25) is 0 Å². The molecule has 0 bridgehead atoms. The smallest absolute Gasteiger partial charge is 0.140 e. The molecule has 0 amide bonds. The summed E-state index contributed by atoms with van der Waals surface area (Å²) in [6, 6.07) is 0. The minimum absolute atomic E-state index is 0.129. The van der Waals surface area contributed by atoms with Crippen molar-refractivity contribution >= 4 is 23.3 Å². The maximum Gasteiger partial charge on any atom is 0.140 e. The van der Waals surface area contributed by atoms with Crippen LogP contribution in [-0.4, -0.2) is 95.1 Å². The van der Waals surface area contributed by atoms with Gasteiger partial charge in [-0.05, 0) is 0 Å². The lowest BCUT2D eigenvalue weighted by molar-refractivity contribution is 0.213. The number of nitrogens with two attached hydrogens (primary N) is 4. The van der Waals surface area contributed by atoms with Gasteiger partial charge in [-0.2, -0.15) is 0 Å². The largest absolute Gasteiger partial charge is 0.409 e. The van der Waals surface area contributed by atoms with Crippen molar-refractivity contribution in [2.24, 2.45) is 43.4 Å². The molecule has 0 saturated carbocycles. The Labute approximate surface area is 165 Å². The van der Waals surface area contributed by atoms with Crippen LogP contribution in [0.4, 0.5) is 0 Å². The van der Waals surface area contributed by atoms with Crippen LogP contribution in [0, 0.1) is 0 Å². The molecule has 28 heavy (non-hydrogen) atoms. The lowest BCUT2D eigenvalue weighted by Crippen LogP contribution is -2.40. The van der Waals surface area contributed by atoms with Gasteiger partial charge in [-0.1, -0.05) is 15.5 Å². The third-order valence-electron chi connectivity index (χ3n) is 4.14. The van der Waals surface area contributed by atoms with Crippen molar-refractivity contribution in [2.75, 3.05) is 46.3 Å². The Morgan fingerprint density at radius 3 is 1.11 bits per heavy atom. The maximum atomic E-state index is 8.72. The van der Waals surface area contributed by atoms with Gasteiger partial charge in [0.25, 0.3) is 0 Å². The SMILES string of the molecule is C/N=C(\N)CCN(CC/C(N)=N/O)CCN(CC/C(N)=N/O)CC/C(N)=N/O. The van der Waals surface area contributed by atoms with Crippen LogP contribution < -0.4 is 22.9 Å². The predicted molar refractivity (Wildman–Crippen MR) is 109 cm³/mol. The molecule has 0 aromatic rings. The molecule has 0 fully saturated rings. The highest BCUT2D eigenvalue weighted by Gasteiger charge is 2.12. The Bertz CT molecular complexity index is 458. The Morgan fingerprint density at radius 2 is 0.857 bits per heavy atom. The van der Waals surface area contributed by atoms with Crippen molar-refractivity contribution in [2.45, 2.75) is 25.7 Å². The summed E-state index contributed by atoms with van der Waals surface area (Å²) in [4.78, 5) is 8.13. The first-order valence-electron chi connectivity index (χ1n) is 8.91. The van der Waals surface area contributed by atoms with Crippen LogP contribution in [-0.2, 0) is 0 Å². The molecule has 13 heteroatoms. The van der Waals surface area contributed by atoms with Crippen LogP contribution in [0.25, 0.3) is 0 Å². The van der Waals surface area contributed by atoms with Gasteiger partial charge in [0, 0.05) is 72.0 Å². The highest BCUT2D eigenvalue weighted by Crippen LogP contribution is 2.00. The summed E-state index contributed by atoms with van der Waals surface area (Å²) >= 11 is 0. The van der Waals surface area contributed by atoms with E-state index in [4.69, 9.17) is 38.6 Å². The van der Waals surface area contributed by atoms with Crippen LogP contribution in [0.15, 0.2) is 20.5 Å². The normalized spacial score (nSPS) is 14.2. The zero-order valence-electron chi connectivity index (χ0n) is 16.4. The van der Waals surface area contributed by atoms with Crippen LogP contribution >= 0.6 is 0 Å². The molecule has 0 aliphatic carbocycles.